The van der Waals surface area contributed by atoms with Gasteiger partial charge < -0.3 is 8.92 Å². The van der Waals surface area contributed by atoms with E-state index in [4.69, 9.17) is 13.9 Å². The molecule has 0 saturated carbocycles. The Balaban J connectivity index is 1.89. The molecule has 1 heterocycles. The molecule has 3 aromatic carbocycles. The van der Waals surface area contributed by atoms with Crippen molar-refractivity contribution in [2.24, 2.45) is 4.99 Å². The summed E-state index contributed by atoms with van der Waals surface area (Å²) in [6.07, 6.45) is 0.392. The first-order chi connectivity index (χ1) is 16.4. The predicted molar refractivity (Wildman–Crippen MR) is 138 cm³/mol. The minimum atomic E-state index is -3.66. The van der Waals surface area contributed by atoms with Crippen molar-refractivity contribution in [3.63, 3.8) is 0 Å². The summed E-state index contributed by atoms with van der Waals surface area (Å²) in [6.45, 7) is 5.38. The summed E-state index contributed by atoms with van der Waals surface area (Å²) in [6, 6.07) is 22.2. The number of nitrogens with one attached hydrogen (secondary N) is 1. The van der Waals surface area contributed by atoms with E-state index in [1.165, 1.54) is 0 Å². The Hall–Kier alpha value is -3.17. The molecule has 1 amide bonds. The lowest BCUT2D eigenvalue weighted by Gasteiger charge is -2.29. The van der Waals surface area contributed by atoms with Crippen molar-refractivity contribution in [2.75, 3.05) is 6.26 Å². The molecule has 0 aliphatic carbocycles. The first-order valence-electron chi connectivity index (χ1n) is 10.8. The number of amidine groups is 1. The highest BCUT2D eigenvalue weighted by atomic mass is 79.9. The summed E-state index contributed by atoms with van der Waals surface area (Å²) in [4.78, 5) is 17.7. The van der Waals surface area contributed by atoms with Crippen LogP contribution in [0.2, 0.25) is 0 Å². The maximum atomic E-state index is 12.6. The summed E-state index contributed by atoms with van der Waals surface area (Å²) in [5, 5.41) is 2.82. The number of aliphatic imine (C=N–C) groups is 1. The van der Waals surface area contributed by atoms with Crippen LogP contribution in [0.5, 0.6) is 5.75 Å². The lowest BCUT2D eigenvalue weighted by molar-refractivity contribution is 0.0563. The maximum absolute atomic E-state index is 12.6. The first kappa shape index (κ1) is 24.9. The van der Waals surface area contributed by atoms with Gasteiger partial charge in [-0.1, -0.05) is 64.5 Å². The van der Waals surface area contributed by atoms with Crippen LogP contribution in [0.25, 0.3) is 0 Å². The fraction of sp³-hybridized carbons (Fsp3) is 0.231. The predicted octanol–water partition coefficient (Wildman–Crippen LogP) is 5.36. The molecule has 1 aliphatic heterocycles. The molecule has 0 spiro atoms. The van der Waals surface area contributed by atoms with Crippen LogP contribution in [0.3, 0.4) is 0 Å². The Labute approximate surface area is 213 Å². The molecule has 1 atom stereocenters. The van der Waals surface area contributed by atoms with Crippen LogP contribution in [-0.4, -0.2) is 32.2 Å². The summed E-state index contributed by atoms with van der Waals surface area (Å²) in [5.41, 5.74) is 1.58. The van der Waals surface area contributed by atoms with Crippen LogP contribution in [0.4, 0.5) is 4.79 Å². The fourth-order valence-corrected chi connectivity index (χ4v) is 4.90. The zero-order valence-electron chi connectivity index (χ0n) is 19.7. The quantitative estimate of drug-likeness (QED) is 0.436. The van der Waals surface area contributed by atoms with E-state index in [2.05, 4.69) is 21.2 Å². The second kappa shape index (κ2) is 9.13. The molecule has 0 fully saturated rings. The van der Waals surface area contributed by atoms with Gasteiger partial charge in [-0.05, 0) is 61.7 Å². The van der Waals surface area contributed by atoms with Crippen LogP contribution >= 0.6 is 15.9 Å². The molecule has 9 heteroatoms. The topological polar surface area (TPSA) is 94.1 Å². The van der Waals surface area contributed by atoms with E-state index in [-0.39, 0.29) is 5.75 Å². The van der Waals surface area contributed by atoms with Crippen molar-refractivity contribution in [2.45, 2.75) is 31.9 Å². The summed E-state index contributed by atoms with van der Waals surface area (Å²) in [5.74, 6) is 0.578. The van der Waals surface area contributed by atoms with Gasteiger partial charge >= 0.3 is 16.2 Å². The molecule has 0 bridgehead atoms. The highest BCUT2D eigenvalue weighted by molar-refractivity contribution is 9.10. The molecule has 3 aromatic rings. The Kier molecular flexibility index (Phi) is 6.50. The number of fused-ring (bicyclic) bond motifs is 1. The minimum Gasteiger partial charge on any atom is -0.444 e. The average molecular weight is 557 g/mol. The summed E-state index contributed by atoms with van der Waals surface area (Å²) >= 11 is 3.55. The smallest absolute Gasteiger partial charge is 0.413 e. The molecule has 4 rings (SSSR count). The molecule has 1 N–H and O–H groups in total. The number of carbonyl (C=O) groups is 1. The molecule has 0 aromatic heterocycles. The second-order valence-corrected chi connectivity index (χ2v) is 11.7. The van der Waals surface area contributed by atoms with Gasteiger partial charge in [0.05, 0.1) is 6.26 Å². The molecule has 1 aliphatic rings. The van der Waals surface area contributed by atoms with Crippen molar-refractivity contribution in [1.82, 2.24) is 5.32 Å². The van der Waals surface area contributed by atoms with Crippen molar-refractivity contribution < 1.29 is 22.1 Å². The fourth-order valence-electron chi connectivity index (χ4n) is 4.04. The molecule has 7 nitrogen and oxygen atoms in total. The van der Waals surface area contributed by atoms with Crippen molar-refractivity contribution in [3.8, 4) is 5.75 Å². The molecular weight excluding hydrogens is 532 g/mol. The standard InChI is InChI=1S/C26H25BrN2O5S/c1-25(2,3)33-24(30)28-23-21-10-5-6-11-22(21)26(29-23,18-8-7-9-19(27)16-18)17-12-14-20(15-13-17)34-35(4,31)32/h5-16H,1-4H3,(H,28,29,30). The van der Waals surface area contributed by atoms with Crippen LogP contribution in [-0.2, 0) is 20.4 Å². The Bertz CT molecular complexity index is 1410. The first-order valence-corrected chi connectivity index (χ1v) is 13.4. The van der Waals surface area contributed by atoms with Gasteiger partial charge in [-0.15, -0.1) is 0 Å². The van der Waals surface area contributed by atoms with Gasteiger partial charge in [0.1, 0.15) is 22.7 Å². The zero-order valence-corrected chi connectivity index (χ0v) is 22.1. The van der Waals surface area contributed by atoms with Crippen molar-refractivity contribution in [3.05, 3.63) is 99.5 Å². The number of carbonyl (C=O) groups excluding carboxylic acids is 1. The highest BCUT2D eigenvalue weighted by Gasteiger charge is 2.44. The van der Waals surface area contributed by atoms with E-state index >= 15 is 0 Å². The van der Waals surface area contributed by atoms with Gasteiger partial charge in [0.2, 0.25) is 0 Å². The number of ether oxygens (including phenoxy) is 1. The lowest BCUT2D eigenvalue weighted by atomic mass is 9.77. The van der Waals surface area contributed by atoms with E-state index in [0.717, 1.165) is 33.0 Å². The number of nitrogens with zero attached hydrogens (tertiary/aromatic N) is 1. The third kappa shape index (κ3) is 5.41. The van der Waals surface area contributed by atoms with Gasteiger partial charge in [-0.2, -0.15) is 8.42 Å². The third-order valence-electron chi connectivity index (χ3n) is 5.23. The number of hydrogen-bond donors (Lipinski definition) is 1. The van der Waals surface area contributed by atoms with Gasteiger partial charge in [0.25, 0.3) is 0 Å². The van der Waals surface area contributed by atoms with Gasteiger partial charge in [-0.3, -0.25) is 5.32 Å². The zero-order chi connectivity index (χ0) is 25.4. The molecule has 0 saturated heterocycles. The largest absolute Gasteiger partial charge is 0.444 e. The lowest BCUT2D eigenvalue weighted by Crippen LogP contribution is -2.36. The summed E-state index contributed by atoms with van der Waals surface area (Å²) < 4.78 is 34.5. The van der Waals surface area contributed by atoms with Crippen molar-refractivity contribution >= 4 is 38.0 Å². The minimum absolute atomic E-state index is 0.197. The van der Waals surface area contributed by atoms with E-state index in [1.54, 1.807) is 45.0 Å². The number of benzene rings is 3. The number of rotatable bonds is 4. The molecule has 1 unspecified atom stereocenters. The average Bonchev–Trinajstić information content (AvgIpc) is 3.07. The van der Waals surface area contributed by atoms with E-state index in [1.807, 2.05) is 48.5 Å². The maximum Gasteiger partial charge on any atom is 0.413 e. The van der Waals surface area contributed by atoms with Crippen LogP contribution in [0, 0.1) is 0 Å². The summed E-state index contributed by atoms with van der Waals surface area (Å²) in [7, 11) is -3.66. The molecule has 0 radical (unpaired) electrons. The SMILES string of the molecule is CC(C)(C)OC(=O)NC1=NC(c2ccc(OS(C)(=O)=O)cc2)(c2cccc(Br)c2)c2ccccc21. The monoisotopic (exact) mass is 556 g/mol. The van der Waals surface area contributed by atoms with E-state index in [9.17, 15) is 13.2 Å². The molecule has 35 heavy (non-hydrogen) atoms. The number of amides is 1. The third-order valence-corrected chi connectivity index (χ3v) is 6.22. The van der Waals surface area contributed by atoms with Crippen molar-refractivity contribution in [1.29, 1.82) is 0 Å². The van der Waals surface area contributed by atoms with E-state index < -0.39 is 27.4 Å². The number of hydrogen-bond acceptors (Lipinski definition) is 6. The van der Waals surface area contributed by atoms with Crippen LogP contribution in [0.15, 0.2) is 82.3 Å². The number of alkyl carbamates (subject to hydrolysis) is 1. The Morgan fingerprint density at radius 2 is 1.66 bits per heavy atom. The van der Waals surface area contributed by atoms with Crippen LogP contribution in [0.1, 0.15) is 43.0 Å². The second-order valence-electron chi connectivity index (χ2n) is 9.17. The van der Waals surface area contributed by atoms with Gasteiger partial charge in [-0.25, -0.2) is 9.79 Å². The normalized spacial score (nSPS) is 17.3. The molecule has 182 valence electrons. The number of halogens is 1. The van der Waals surface area contributed by atoms with E-state index in [0.29, 0.717) is 5.84 Å². The van der Waals surface area contributed by atoms with Gasteiger partial charge in [0.15, 0.2) is 0 Å². The van der Waals surface area contributed by atoms with Crippen LogP contribution < -0.4 is 9.50 Å². The highest BCUT2D eigenvalue weighted by Crippen LogP contribution is 2.47. The Morgan fingerprint density at radius 1 is 0.971 bits per heavy atom. The Morgan fingerprint density at radius 3 is 2.29 bits per heavy atom. The van der Waals surface area contributed by atoms with Gasteiger partial charge in [0, 0.05) is 10.0 Å². The molecular formula is C26H25BrN2O5S.